The summed E-state index contributed by atoms with van der Waals surface area (Å²) in [4.78, 5) is 26.7. The highest BCUT2D eigenvalue weighted by Gasteiger charge is 2.28. The van der Waals surface area contributed by atoms with Gasteiger partial charge < -0.3 is 14.5 Å². The number of hydrogen-bond acceptors (Lipinski definition) is 4. The highest BCUT2D eigenvalue weighted by molar-refractivity contribution is 6.01. The monoisotopic (exact) mass is 370 g/mol. The molecule has 28 heavy (non-hydrogen) atoms. The Hall–Kier alpha value is -3.66. The Morgan fingerprint density at radius 2 is 2.11 bits per heavy atom. The number of amides is 1. The van der Waals surface area contributed by atoms with Gasteiger partial charge in [-0.3, -0.25) is 4.79 Å². The van der Waals surface area contributed by atoms with Crippen LogP contribution in [-0.2, 0) is 11.2 Å². The third-order valence-corrected chi connectivity index (χ3v) is 5.47. The van der Waals surface area contributed by atoms with E-state index in [4.69, 9.17) is 5.26 Å². The summed E-state index contributed by atoms with van der Waals surface area (Å²) in [5.74, 6) is 0.116. The van der Waals surface area contributed by atoms with E-state index in [1.165, 1.54) is 0 Å². The zero-order valence-corrected chi connectivity index (χ0v) is 15.2. The van der Waals surface area contributed by atoms with Crippen LogP contribution in [0.1, 0.15) is 23.6 Å². The van der Waals surface area contributed by atoms with E-state index in [2.05, 4.69) is 25.6 Å². The van der Waals surface area contributed by atoms with Crippen molar-refractivity contribution in [1.29, 1.82) is 5.26 Å². The van der Waals surface area contributed by atoms with Crippen LogP contribution in [0.2, 0.25) is 0 Å². The minimum atomic E-state index is 0.116. The number of aromatic amines is 1. The van der Waals surface area contributed by atoms with Crippen LogP contribution in [0.3, 0.4) is 0 Å². The third kappa shape index (κ3) is 2.70. The van der Waals surface area contributed by atoms with E-state index in [-0.39, 0.29) is 11.9 Å². The molecule has 0 spiro atoms. The molecule has 7 heteroatoms. The van der Waals surface area contributed by atoms with Gasteiger partial charge in [-0.1, -0.05) is 12.1 Å². The van der Waals surface area contributed by atoms with Crippen LogP contribution in [-0.4, -0.2) is 43.4 Å². The Kier molecular flexibility index (Phi) is 3.83. The van der Waals surface area contributed by atoms with Crippen LogP contribution in [0.25, 0.3) is 22.1 Å². The SMILES string of the molecule is N#Cc1ccc(CC(=O)N2CCC(n3cnc4cnc5[nH]ccc5c43)C2)cc1. The number of nitriles is 1. The van der Waals surface area contributed by atoms with Crippen molar-refractivity contribution in [2.75, 3.05) is 13.1 Å². The summed E-state index contributed by atoms with van der Waals surface area (Å²) in [7, 11) is 0. The van der Waals surface area contributed by atoms with E-state index in [9.17, 15) is 4.79 Å². The maximum Gasteiger partial charge on any atom is 0.227 e. The highest BCUT2D eigenvalue weighted by atomic mass is 16.2. The Morgan fingerprint density at radius 1 is 1.25 bits per heavy atom. The molecular weight excluding hydrogens is 352 g/mol. The fraction of sp³-hybridized carbons (Fsp3) is 0.238. The number of H-pyrrole nitrogens is 1. The molecule has 1 aromatic carbocycles. The van der Waals surface area contributed by atoms with E-state index in [1.54, 1.807) is 18.3 Å². The van der Waals surface area contributed by atoms with Gasteiger partial charge in [-0.2, -0.15) is 5.26 Å². The molecule has 138 valence electrons. The Balaban J connectivity index is 1.35. The van der Waals surface area contributed by atoms with Gasteiger partial charge in [0, 0.05) is 24.7 Å². The van der Waals surface area contributed by atoms with Gasteiger partial charge in [-0.25, -0.2) is 9.97 Å². The third-order valence-electron chi connectivity index (χ3n) is 5.47. The lowest BCUT2D eigenvalue weighted by Crippen LogP contribution is -2.30. The first kappa shape index (κ1) is 16.5. The number of rotatable bonds is 3. The van der Waals surface area contributed by atoms with Crippen molar-refractivity contribution in [3.63, 3.8) is 0 Å². The molecule has 0 saturated carbocycles. The molecule has 1 aliphatic rings. The van der Waals surface area contributed by atoms with Gasteiger partial charge in [-0.05, 0) is 30.2 Å². The number of fused-ring (bicyclic) bond motifs is 3. The number of benzene rings is 1. The van der Waals surface area contributed by atoms with Gasteiger partial charge >= 0.3 is 0 Å². The molecule has 3 aromatic heterocycles. The highest BCUT2D eigenvalue weighted by Crippen LogP contribution is 2.29. The molecule has 1 unspecified atom stereocenters. The molecule has 1 saturated heterocycles. The number of aromatic nitrogens is 4. The topological polar surface area (TPSA) is 90.6 Å². The van der Waals surface area contributed by atoms with Crippen molar-refractivity contribution in [3.8, 4) is 6.07 Å². The summed E-state index contributed by atoms with van der Waals surface area (Å²) in [5.41, 5.74) is 4.32. The fourth-order valence-electron chi connectivity index (χ4n) is 3.99. The summed E-state index contributed by atoms with van der Waals surface area (Å²) in [5, 5.41) is 9.94. The first-order chi connectivity index (χ1) is 13.7. The maximum absolute atomic E-state index is 12.7. The minimum absolute atomic E-state index is 0.116. The lowest BCUT2D eigenvalue weighted by atomic mass is 10.1. The Labute approximate surface area is 161 Å². The summed E-state index contributed by atoms with van der Waals surface area (Å²) < 4.78 is 2.18. The lowest BCUT2D eigenvalue weighted by molar-refractivity contribution is -0.129. The van der Waals surface area contributed by atoms with Crippen LogP contribution in [0.5, 0.6) is 0 Å². The number of nitrogens with zero attached hydrogens (tertiary/aromatic N) is 5. The number of imidazole rings is 1. The zero-order valence-electron chi connectivity index (χ0n) is 15.2. The van der Waals surface area contributed by atoms with Crippen molar-refractivity contribution >= 4 is 28.0 Å². The molecule has 4 aromatic rings. The smallest absolute Gasteiger partial charge is 0.227 e. The van der Waals surface area contributed by atoms with Crippen molar-refractivity contribution in [3.05, 3.63) is 60.2 Å². The second-order valence-corrected chi connectivity index (χ2v) is 7.15. The first-order valence-electron chi connectivity index (χ1n) is 9.28. The van der Waals surface area contributed by atoms with Gasteiger partial charge in [0.15, 0.2) is 0 Å². The van der Waals surface area contributed by atoms with E-state index in [1.807, 2.05) is 35.6 Å². The molecule has 1 aliphatic heterocycles. The molecule has 4 heterocycles. The van der Waals surface area contributed by atoms with E-state index < -0.39 is 0 Å². The van der Waals surface area contributed by atoms with Gasteiger partial charge in [0.05, 0.1) is 42.1 Å². The molecule has 1 atom stereocenters. The van der Waals surface area contributed by atoms with Crippen molar-refractivity contribution in [2.45, 2.75) is 18.9 Å². The number of carbonyl (C=O) groups is 1. The normalized spacial score (nSPS) is 16.7. The minimum Gasteiger partial charge on any atom is -0.346 e. The second-order valence-electron chi connectivity index (χ2n) is 7.15. The molecular formula is C21H18N6O. The van der Waals surface area contributed by atoms with Crippen molar-refractivity contribution < 1.29 is 4.79 Å². The van der Waals surface area contributed by atoms with E-state index in [0.29, 0.717) is 18.5 Å². The molecule has 1 fully saturated rings. The molecule has 0 aliphatic carbocycles. The van der Waals surface area contributed by atoms with Crippen LogP contribution in [0, 0.1) is 11.3 Å². The average Bonchev–Trinajstić information content (AvgIpc) is 3.45. The quantitative estimate of drug-likeness (QED) is 0.600. The van der Waals surface area contributed by atoms with E-state index in [0.717, 1.165) is 40.6 Å². The fourth-order valence-corrected chi connectivity index (χ4v) is 3.99. The standard InChI is InChI=1S/C21H18N6O/c22-10-15-3-1-14(2-4-15)9-19(28)26-8-6-16(12-26)27-13-25-18-11-24-21-17(20(18)27)5-7-23-21/h1-5,7,11,13,16H,6,8-9,12H2,(H,23,24). The summed E-state index contributed by atoms with van der Waals surface area (Å²) in [6.45, 7) is 1.41. The van der Waals surface area contributed by atoms with Crippen LogP contribution in [0.4, 0.5) is 0 Å². The lowest BCUT2D eigenvalue weighted by Gasteiger charge is -2.18. The molecule has 5 rings (SSSR count). The first-order valence-corrected chi connectivity index (χ1v) is 9.28. The van der Waals surface area contributed by atoms with Crippen LogP contribution >= 0.6 is 0 Å². The van der Waals surface area contributed by atoms with E-state index >= 15 is 0 Å². The number of carbonyl (C=O) groups excluding carboxylic acids is 1. The average molecular weight is 370 g/mol. The van der Waals surface area contributed by atoms with Gasteiger partial charge in [0.25, 0.3) is 0 Å². The summed E-state index contributed by atoms with van der Waals surface area (Å²) >= 11 is 0. The van der Waals surface area contributed by atoms with Gasteiger partial charge in [-0.15, -0.1) is 0 Å². The van der Waals surface area contributed by atoms with Gasteiger partial charge in [0.1, 0.15) is 11.2 Å². The zero-order chi connectivity index (χ0) is 19.1. The molecule has 7 nitrogen and oxygen atoms in total. The molecule has 1 N–H and O–H groups in total. The number of likely N-dealkylation sites (tertiary alicyclic amines) is 1. The Morgan fingerprint density at radius 3 is 2.93 bits per heavy atom. The molecule has 1 amide bonds. The Bertz CT molecular complexity index is 1210. The predicted octanol–water partition coefficient (Wildman–Crippen LogP) is 2.80. The van der Waals surface area contributed by atoms with Crippen molar-refractivity contribution in [2.24, 2.45) is 0 Å². The second kappa shape index (κ2) is 6.50. The molecule has 0 radical (unpaired) electrons. The van der Waals surface area contributed by atoms with Crippen molar-refractivity contribution in [1.82, 2.24) is 24.4 Å². The number of hydrogen-bond donors (Lipinski definition) is 1. The summed E-state index contributed by atoms with van der Waals surface area (Å²) in [6.07, 6.45) is 6.79. The number of pyridine rings is 1. The van der Waals surface area contributed by atoms with Gasteiger partial charge in [0.2, 0.25) is 5.91 Å². The number of nitrogens with one attached hydrogen (secondary N) is 1. The van der Waals surface area contributed by atoms with Crippen LogP contribution in [0.15, 0.2) is 49.1 Å². The largest absolute Gasteiger partial charge is 0.346 e. The summed E-state index contributed by atoms with van der Waals surface area (Å²) in [6, 6.07) is 11.5. The predicted molar refractivity (Wildman–Crippen MR) is 104 cm³/mol. The van der Waals surface area contributed by atoms with Crippen LogP contribution < -0.4 is 0 Å². The maximum atomic E-state index is 12.7. The molecule has 0 bridgehead atoms.